The lowest BCUT2D eigenvalue weighted by Gasteiger charge is -2.22. The number of aromatic amines is 1. The van der Waals surface area contributed by atoms with Gasteiger partial charge in [-0.3, -0.25) is 5.10 Å². The van der Waals surface area contributed by atoms with Gasteiger partial charge < -0.3 is 15.2 Å². The van der Waals surface area contributed by atoms with Gasteiger partial charge in [0, 0.05) is 30.0 Å². The van der Waals surface area contributed by atoms with Crippen molar-refractivity contribution in [3.63, 3.8) is 0 Å². The number of rotatable bonds is 8. The minimum Gasteiger partial charge on any atom is -0.497 e. The number of hydrogen-bond donors (Lipinski definition) is 3. The molecule has 1 aromatic carbocycles. The van der Waals surface area contributed by atoms with Crippen LogP contribution in [-0.4, -0.2) is 46.6 Å². The maximum atomic E-state index is 10.2. The summed E-state index contributed by atoms with van der Waals surface area (Å²) in [6.45, 7) is 3.04. The number of aromatic nitrogens is 2. The van der Waals surface area contributed by atoms with E-state index < -0.39 is 5.60 Å². The van der Waals surface area contributed by atoms with Crippen LogP contribution in [-0.2, 0) is 6.54 Å². The fourth-order valence-electron chi connectivity index (χ4n) is 2.28. The van der Waals surface area contributed by atoms with E-state index in [-0.39, 0.29) is 0 Å². The highest BCUT2D eigenvalue weighted by atomic mass is 32.2. The van der Waals surface area contributed by atoms with Crippen LogP contribution in [0.3, 0.4) is 0 Å². The van der Waals surface area contributed by atoms with Crippen molar-refractivity contribution in [1.82, 2.24) is 15.5 Å². The average molecular weight is 321 g/mol. The van der Waals surface area contributed by atoms with Crippen molar-refractivity contribution >= 4 is 11.8 Å². The largest absolute Gasteiger partial charge is 0.497 e. The van der Waals surface area contributed by atoms with Gasteiger partial charge in [0.1, 0.15) is 5.75 Å². The van der Waals surface area contributed by atoms with Gasteiger partial charge in [0.05, 0.1) is 24.6 Å². The van der Waals surface area contributed by atoms with Crippen molar-refractivity contribution in [2.24, 2.45) is 0 Å². The highest BCUT2D eigenvalue weighted by molar-refractivity contribution is 7.98. The molecule has 0 fully saturated rings. The molecule has 3 N–H and O–H groups in total. The molecule has 0 aliphatic carbocycles. The van der Waals surface area contributed by atoms with Crippen molar-refractivity contribution in [3.05, 3.63) is 36.0 Å². The first-order valence-electron chi connectivity index (χ1n) is 7.14. The molecule has 2 aromatic rings. The Labute approximate surface area is 135 Å². The van der Waals surface area contributed by atoms with Gasteiger partial charge in [-0.1, -0.05) is 0 Å². The minimum absolute atomic E-state index is 0.543. The lowest BCUT2D eigenvalue weighted by Crippen LogP contribution is -2.39. The molecular formula is C16H23N3O2S. The lowest BCUT2D eigenvalue weighted by atomic mass is 10.1. The maximum Gasteiger partial charge on any atom is 0.118 e. The van der Waals surface area contributed by atoms with Crippen molar-refractivity contribution in [1.29, 1.82) is 0 Å². The minimum atomic E-state index is -0.705. The predicted molar refractivity (Wildman–Crippen MR) is 91.3 cm³/mol. The van der Waals surface area contributed by atoms with Crippen LogP contribution in [0.15, 0.2) is 30.5 Å². The zero-order valence-corrected chi connectivity index (χ0v) is 14.0. The van der Waals surface area contributed by atoms with Gasteiger partial charge in [-0.05, 0) is 37.4 Å². The Morgan fingerprint density at radius 2 is 2.09 bits per heavy atom. The van der Waals surface area contributed by atoms with Crippen LogP contribution in [0.2, 0.25) is 0 Å². The van der Waals surface area contributed by atoms with Gasteiger partial charge in [-0.25, -0.2) is 0 Å². The number of nitrogens with zero attached hydrogens (tertiary/aromatic N) is 1. The lowest BCUT2D eigenvalue weighted by molar-refractivity contribution is 0.0846. The van der Waals surface area contributed by atoms with Crippen LogP contribution in [0.4, 0.5) is 0 Å². The highest BCUT2D eigenvalue weighted by Crippen LogP contribution is 2.23. The summed E-state index contributed by atoms with van der Waals surface area (Å²) in [6, 6.07) is 7.85. The Balaban J connectivity index is 2.00. The molecule has 0 saturated carbocycles. The summed E-state index contributed by atoms with van der Waals surface area (Å²) in [6.07, 6.45) is 3.81. The van der Waals surface area contributed by atoms with Gasteiger partial charge in [-0.2, -0.15) is 16.9 Å². The summed E-state index contributed by atoms with van der Waals surface area (Å²) in [5.41, 5.74) is 2.42. The highest BCUT2D eigenvalue weighted by Gasteiger charge is 2.19. The van der Waals surface area contributed by atoms with E-state index in [1.807, 2.05) is 43.6 Å². The number of aliphatic hydroxyl groups is 1. The average Bonchev–Trinajstić information content (AvgIpc) is 2.95. The Morgan fingerprint density at radius 1 is 1.36 bits per heavy atom. The molecular weight excluding hydrogens is 298 g/mol. The van der Waals surface area contributed by atoms with Crippen molar-refractivity contribution < 1.29 is 9.84 Å². The van der Waals surface area contributed by atoms with E-state index in [0.29, 0.717) is 18.8 Å². The molecule has 1 heterocycles. The molecule has 5 nitrogen and oxygen atoms in total. The van der Waals surface area contributed by atoms with Crippen molar-refractivity contribution in [2.75, 3.05) is 25.7 Å². The number of hydrogen-bond acceptors (Lipinski definition) is 5. The summed E-state index contributed by atoms with van der Waals surface area (Å²) >= 11 is 1.64. The quantitative estimate of drug-likeness (QED) is 0.696. The van der Waals surface area contributed by atoms with E-state index in [1.165, 1.54) is 0 Å². The first-order valence-corrected chi connectivity index (χ1v) is 8.54. The third kappa shape index (κ3) is 4.50. The molecule has 120 valence electrons. The topological polar surface area (TPSA) is 70.2 Å². The molecule has 0 bridgehead atoms. The molecule has 0 aliphatic rings. The van der Waals surface area contributed by atoms with Crippen LogP contribution in [0.25, 0.3) is 11.3 Å². The van der Waals surface area contributed by atoms with Crippen LogP contribution in [0.1, 0.15) is 12.5 Å². The summed E-state index contributed by atoms with van der Waals surface area (Å²) < 4.78 is 5.17. The van der Waals surface area contributed by atoms with E-state index in [1.54, 1.807) is 18.9 Å². The monoisotopic (exact) mass is 321 g/mol. The number of methoxy groups -OCH3 is 1. The van der Waals surface area contributed by atoms with E-state index in [9.17, 15) is 5.11 Å². The third-order valence-electron chi connectivity index (χ3n) is 3.37. The van der Waals surface area contributed by atoms with E-state index in [0.717, 1.165) is 22.6 Å². The van der Waals surface area contributed by atoms with E-state index in [4.69, 9.17) is 4.74 Å². The number of thioether (sulfide) groups is 1. The summed E-state index contributed by atoms with van der Waals surface area (Å²) in [7, 11) is 1.65. The van der Waals surface area contributed by atoms with Crippen LogP contribution in [0, 0.1) is 0 Å². The Hall–Kier alpha value is -1.50. The molecule has 1 aromatic heterocycles. The smallest absolute Gasteiger partial charge is 0.118 e. The molecule has 1 atom stereocenters. The van der Waals surface area contributed by atoms with Crippen LogP contribution < -0.4 is 10.1 Å². The standard InChI is InChI=1S/C16H23N3O2S/c1-16(20,11-22-3)10-17-8-13-9-18-19-15(13)12-4-6-14(21-2)7-5-12/h4-7,9,17,20H,8,10-11H2,1-3H3,(H,18,19). The summed E-state index contributed by atoms with van der Waals surface area (Å²) in [4.78, 5) is 0. The zero-order valence-electron chi connectivity index (χ0n) is 13.2. The number of H-pyrrole nitrogens is 1. The van der Waals surface area contributed by atoms with E-state index >= 15 is 0 Å². The van der Waals surface area contributed by atoms with Crippen molar-refractivity contribution in [2.45, 2.75) is 19.1 Å². The molecule has 22 heavy (non-hydrogen) atoms. The summed E-state index contributed by atoms with van der Waals surface area (Å²) in [5, 5.41) is 20.6. The second-order valence-electron chi connectivity index (χ2n) is 5.53. The predicted octanol–water partition coefficient (Wildman–Crippen LogP) is 2.29. The van der Waals surface area contributed by atoms with Crippen LogP contribution >= 0.6 is 11.8 Å². The molecule has 0 saturated heterocycles. The van der Waals surface area contributed by atoms with Gasteiger partial charge in [0.25, 0.3) is 0 Å². The number of nitrogens with one attached hydrogen (secondary N) is 2. The first-order chi connectivity index (χ1) is 10.6. The zero-order chi connectivity index (χ0) is 16.0. The fourth-order valence-corrected chi connectivity index (χ4v) is 3.01. The molecule has 0 spiro atoms. The molecule has 0 amide bonds. The van der Waals surface area contributed by atoms with Crippen LogP contribution in [0.5, 0.6) is 5.75 Å². The SMILES string of the molecule is COc1ccc(-c2[nH]ncc2CNCC(C)(O)CSC)cc1. The van der Waals surface area contributed by atoms with Crippen molar-refractivity contribution in [3.8, 4) is 17.0 Å². The van der Waals surface area contributed by atoms with E-state index in [2.05, 4.69) is 15.5 Å². The van der Waals surface area contributed by atoms with Gasteiger partial charge >= 0.3 is 0 Å². The normalized spacial score (nSPS) is 13.8. The maximum absolute atomic E-state index is 10.2. The number of benzene rings is 1. The Kier molecular flexibility index (Phi) is 5.88. The third-order valence-corrected chi connectivity index (χ3v) is 4.28. The molecule has 6 heteroatoms. The molecule has 0 aliphatic heterocycles. The second-order valence-corrected chi connectivity index (χ2v) is 6.40. The number of ether oxygens (including phenoxy) is 1. The molecule has 1 unspecified atom stereocenters. The Bertz CT molecular complexity index is 581. The first kappa shape index (κ1) is 16.9. The second kappa shape index (κ2) is 7.67. The van der Waals surface area contributed by atoms with Gasteiger partial charge in [0.2, 0.25) is 0 Å². The molecule has 0 radical (unpaired) electrons. The fraction of sp³-hybridized carbons (Fsp3) is 0.438. The van der Waals surface area contributed by atoms with Gasteiger partial charge in [0.15, 0.2) is 0 Å². The molecule has 2 rings (SSSR count). The summed E-state index contributed by atoms with van der Waals surface area (Å²) in [5.74, 6) is 1.53. The Morgan fingerprint density at radius 3 is 2.73 bits per heavy atom. The van der Waals surface area contributed by atoms with Gasteiger partial charge in [-0.15, -0.1) is 0 Å².